The van der Waals surface area contributed by atoms with Crippen molar-refractivity contribution in [3.63, 3.8) is 0 Å². The zero-order valence-electron chi connectivity index (χ0n) is 11.1. The second-order valence-corrected chi connectivity index (χ2v) is 5.36. The van der Waals surface area contributed by atoms with Gasteiger partial charge in [-0.15, -0.1) is 11.8 Å². The van der Waals surface area contributed by atoms with Gasteiger partial charge in [0.2, 0.25) is 0 Å². The number of halogens is 1. The molecule has 1 atom stereocenters. The van der Waals surface area contributed by atoms with Crippen molar-refractivity contribution in [3.8, 4) is 0 Å². The van der Waals surface area contributed by atoms with E-state index in [0.29, 0.717) is 11.3 Å². The van der Waals surface area contributed by atoms with Gasteiger partial charge >= 0.3 is 0 Å². The highest BCUT2D eigenvalue weighted by atomic mass is 32.2. The Hall–Kier alpha value is -0.580. The zero-order chi connectivity index (χ0) is 13.4. The number of aliphatic hydroxyl groups excluding tert-OH is 1. The third kappa shape index (κ3) is 4.59. The molecule has 0 amide bonds. The minimum atomic E-state index is -0.166. The van der Waals surface area contributed by atoms with Gasteiger partial charge in [0.15, 0.2) is 0 Å². The maximum atomic E-state index is 13.8. The molecule has 0 heterocycles. The molecule has 102 valence electrons. The molecule has 0 spiro atoms. The molecule has 1 aromatic carbocycles. The van der Waals surface area contributed by atoms with Gasteiger partial charge in [-0.3, -0.25) is 0 Å². The summed E-state index contributed by atoms with van der Waals surface area (Å²) in [7, 11) is 0. The second-order valence-electron chi connectivity index (χ2n) is 4.26. The summed E-state index contributed by atoms with van der Waals surface area (Å²) in [4.78, 5) is 0.710. The van der Waals surface area contributed by atoms with Crippen LogP contribution in [0.3, 0.4) is 0 Å². The lowest BCUT2D eigenvalue weighted by Gasteiger charge is -2.18. The largest absolute Gasteiger partial charge is 0.396 e. The van der Waals surface area contributed by atoms with Crippen LogP contribution in [0.2, 0.25) is 0 Å². The topological polar surface area (TPSA) is 32.3 Å². The lowest BCUT2D eigenvalue weighted by atomic mass is 10.1. The lowest BCUT2D eigenvalue weighted by molar-refractivity contribution is 0.296. The summed E-state index contributed by atoms with van der Waals surface area (Å²) in [6.45, 7) is 5.25. The fourth-order valence-electron chi connectivity index (χ4n) is 1.73. The first-order chi connectivity index (χ1) is 8.70. The molecule has 0 saturated carbocycles. The van der Waals surface area contributed by atoms with E-state index in [1.54, 1.807) is 6.07 Å². The highest BCUT2D eigenvalue weighted by molar-refractivity contribution is 7.99. The van der Waals surface area contributed by atoms with Crippen LogP contribution >= 0.6 is 11.8 Å². The van der Waals surface area contributed by atoms with Crippen LogP contribution in [0.15, 0.2) is 23.1 Å². The summed E-state index contributed by atoms with van der Waals surface area (Å²) >= 11 is 1.49. The lowest BCUT2D eigenvalue weighted by Crippen LogP contribution is -2.20. The molecular weight excluding hydrogens is 249 g/mol. The molecule has 1 aromatic rings. The standard InChI is InChI=1S/C14H22FNOS/c1-3-8-16-11(2)12-6-4-7-13(15)14(12)18-10-5-9-17/h4,6-7,11,16-17H,3,5,8-10H2,1-2H3. The first-order valence-electron chi connectivity index (χ1n) is 6.46. The number of aliphatic hydroxyl groups is 1. The predicted molar refractivity (Wildman–Crippen MR) is 75.5 cm³/mol. The number of benzene rings is 1. The van der Waals surface area contributed by atoms with E-state index in [2.05, 4.69) is 19.2 Å². The Bertz CT molecular complexity index is 360. The van der Waals surface area contributed by atoms with Crippen molar-refractivity contribution in [2.45, 2.75) is 37.6 Å². The molecule has 0 saturated heterocycles. The molecule has 2 N–H and O–H groups in total. The third-order valence-electron chi connectivity index (χ3n) is 2.71. The van der Waals surface area contributed by atoms with Crippen LogP contribution in [-0.2, 0) is 0 Å². The predicted octanol–water partition coefficient (Wildman–Crippen LogP) is 3.36. The van der Waals surface area contributed by atoms with Crippen molar-refractivity contribution in [1.82, 2.24) is 5.32 Å². The van der Waals surface area contributed by atoms with Gasteiger partial charge in [-0.2, -0.15) is 0 Å². The average molecular weight is 271 g/mol. The second kappa shape index (κ2) is 8.51. The zero-order valence-corrected chi connectivity index (χ0v) is 11.9. The Balaban J connectivity index is 2.78. The highest BCUT2D eigenvalue weighted by Gasteiger charge is 2.13. The summed E-state index contributed by atoms with van der Waals surface area (Å²) in [6, 6.07) is 5.37. The van der Waals surface area contributed by atoms with Gasteiger partial charge in [0.1, 0.15) is 5.82 Å². The quantitative estimate of drug-likeness (QED) is 0.562. The van der Waals surface area contributed by atoms with Crippen LogP contribution in [0.25, 0.3) is 0 Å². The first kappa shape index (κ1) is 15.5. The first-order valence-corrected chi connectivity index (χ1v) is 7.44. The van der Waals surface area contributed by atoms with Gasteiger partial charge < -0.3 is 10.4 Å². The molecule has 0 aliphatic rings. The molecule has 2 nitrogen and oxygen atoms in total. The minimum absolute atomic E-state index is 0.150. The fraction of sp³-hybridized carbons (Fsp3) is 0.571. The molecule has 1 unspecified atom stereocenters. The molecule has 0 aliphatic heterocycles. The van der Waals surface area contributed by atoms with Gasteiger partial charge in [0.05, 0.1) is 0 Å². The summed E-state index contributed by atoms with van der Waals surface area (Å²) in [5.74, 6) is 0.575. The monoisotopic (exact) mass is 271 g/mol. The molecule has 0 bridgehead atoms. The molecule has 4 heteroatoms. The summed E-state index contributed by atoms with van der Waals surface area (Å²) in [5.41, 5.74) is 1.01. The van der Waals surface area contributed by atoms with E-state index in [4.69, 9.17) is 5.11 Å². The van der Waals surface area contributed by atoms with Crippen LogP contribution in [0, 0.1) is 5.82 Å². The Morgan fingerprint density at radius 1 is 1.44 bits per heavy atom. The van der Waals surface area contributed by atoms with Crippen molar-refractivity contribution >= 4 is 11.8 Å². The molecule has 0 fully saturated rings. The minimum Gasteiger partial charge on any atom is -0.396 e. The maximum absolute atomic E-state index is 13.8. The van der Waals surface area contributed by atoms with Crippen LogP contribution in [0.1, 0.15) is 38.3 Å². The van der Waals surface area contributed by atoms with Crippen molar-refractivity contribution in [1.29, 1.82) is 0 Å². The smallest absolute Gasteiger partial charge is 0.137 e. The van der Waals surface area contributed by atoms with Gasteiger partial charge in [-0.05, 0) is 37.9 Å². The number of rotatable bonds is 8. The van der Waals surface area contributed by atoms with Crippen molar-refractivity contribution in [2.24, 2.45) is 0 Å². The number of nitrogens with one attached hydrogen (secondary N) is 1. The Morgan fingerprint density at radius 2 is 2.22 bits per heavy atom. The van der Waals surface area contributed by atoms with E-state index in [0.717, 1.165) is 24.3 Å². The SMILES string of the molecule is CCCNC(C)c1cccc(F)c1SCCCO. The van der Waals surface area contributed by atoms with Gasteiger partial charge in [0.25, 0.3) is 0 Å². The van der Waals surface area contributed by atoms with Gasteiger partial charge in [-0.25, -0.2) is 4.39 Å². The summed E-state index contributed by atoms with van der Waals surface area (Å²) in [6.07, 6.45) is 1.75. The molecule has 0 aromatic heterocycles. The van der Waals surface area contributed by atoms with Crippen LogP contribution in [0.5, 0.6) is 0 Å². The molecule has 0 radical (unpaired) electrons. The van der Waals surface area contributed by atoms with Crippen LogP contribution < -0.4 is 5.32 Å². The van der Waals surface area contributed by atoms with E-state index in [-0.39, 0.29) is 18.5 Å². The Labute approximate surface area is 113 Å². The fourth-order valence-corrected chi connectivity index (χ4v) is 2.82. The molecule has 0 aliphatic carbocycles. The summed E-state index contributed by atoms with van der Waals surface area (Å²) < 4.78 is 13.8. The maximum Gasteiger partial charge on any atom is 0.137 e. The van der Waals surface area contributed by atoms with Crippen molar-refractivity contribution < 1.29 is 9.50 Å². The van der Waals surface area contributed by atoms with E-state index >= 15 is 0 Å². The molecule has 18 heavy (non-hydrogen) atoms. The van der Waals surface area contributed by atoms with Gasteiger partial charge in [-0.1, -0.05) is 19.1 Å². The van der Waals surface area contributed by atoms with E-state index in [1.165, 1.54) is 17.8 Å². The summed E-state index contributed by atoms with van der Waals surface area (Å²) in [5, 5.41) is 12.2. The molecular formula is C14H22FNOS. The number of hydrogen-bond donors (Lipinski definition) is 2. The average Bonchev–Trinajstić information content (AvgIpc) is 2.38. The van der Waals surface area contributed by atoms with Crippen LogP contribution in [-0.4, -0.2) is 24.0 Å². The normalized spacial score (nSPS) is 12.7. The van der Waals surface area contributed by atoms with E-state index in [1.807, 2.05) is 6.07 Å². The number of thioether (sulfide) groups is 1. The van der Waals surface area contributed by atoms with E-state index < -0.39 is 0 Å². The van der Waals surface area contributed by atoms with Crippen molar-refractivity contribution in [2.75, 3.05) is 18.9 Å². The Morgan fingerprint density at radius 3 is 2.89 bits per heavy atom. The third-order valence-corrected chi connectivity index (χ3v) is 3.93. The van der Waals surface area contributed by atoms with Crippen molar-refractivity contribution in [3.05, 3.63) is 29.6 Å². The molecule has 1 rings (SSSR count). The van der Waals surface area contributed by atoms with Gasteiger partial charge in [0, 0.05) is 23.3 Å². The van der Waals surface area contributed by atoms with Crippen LogP contribution in [0.4, 0.5) is 4.39 Å². The highest BCUT2D eigenvalue weighted by Crippen LogP contribution is 2.30. The van der Waals surface area contributed by atoms with E-state index in [9.17, 15) is 4.39 Å². The Kier molecular flexibility index (Phi) is 7.32. The number of hydrogen-bond acceptors (Lipinski definition) is 3.